The van der Waals surface area contributed by atoms with Crippen molar-refractivity contribution in [3.63, 3.8) is 0 Å². The van der Waals surface area contributed by atoms with Crippen molar-refractivity contribution in [3.8, 4) is 0 Å². The van der Waals surface area contributed by atoms with Crippen molar-refractivity contribution in [2.75, 3.05) is 13.1 Å². The molecule has 16 heavy (non-hydrogen) atoms. The topological polar surface area (TPSA) is 20.3 Å². The van der Waals surface area contributed by atoms with Gasteiger partial charge in [0.1, 0.15) is 5.38 Å². The van der Waals surface area contributed by atoms with Crippen LogP contribution >= 0.6 is 11.6 Å². The van der Waals surface area contributed by atoms with Gasteiger partial charge >= 0.3 is 0 Å². The fourth-order valence-corrected chi connectivity index (χ4v) is 2.12. The van der Waals surface area contributed by atoms with Crippen LogP contribution in [-0.2, 0) is 4.79 Å². The number of nitrogens with zero attached hydrogens (tertiary/aromatic N) is 1. The van der Waals surface area contributed by atoms with Gasteiger partial charge in [-0.15, -0.1) is 11.6 Å². The van der Waals surface area contributed by atoms with Crippen LogP contribution in [0.1, 0.15) is 33.1 Å². The molecule has 1 fully saturated rings. The molecule has 5 heteroatoms. The second-order valence-electron chi connectivity index (χ2n) is 4.43. The largest absolute Gasteiger partial charge is 0.341 e. The number of halogens is 3. The Kier molecular flexibility index (Phi) is 4.53. The summed E-state index contributed by atoms with van der Waals surface area (Å²) >= 11 is 5.84. The van der Waals surface area contributed by atoms with Crippen molar-refractivity contribution >= 4 is 17.5 Å². The summed E-state index contributed by atoms with van der Waals surface area (Å²) < 4.78 is 26.1. The molecule has 0 spiro atoms. The summed E-state index contributed by atoms with van der Waals surface area (Å²) in [6.45, 7) is 3.58. The number of carbonyl (C=O) groups is 1. The highest BCUT2D eigenvalue weighted by atomic mass is 35.5. The van der Waals surface area contributed by atoms with Gasteiger partial charge in [-0.05, 0) is 26.2 Å². The smallest absolute Gasteiger partial charge is 0.248 e. The van der Waals surface area contributed by atoms with Crippen molar-refractivity contribution < 1.29 is 13.6 Å². The van der Waals surface area contributed by atoms with Crippen LogP contribution in [0.3, 0.4) is 0 Å². The lowest BCUT2D eigenvalue weighted by molar-refractivity contribution is -0.135. The van der Waals surface area contributed by atoms with Gasteiger partial charge in [-0.2, -0.15) is 0 Å². The van der Waals surface area contributed by atoms with Gasteiger partial charge in [-0.1, -0.05) is 6.92 Å². The highest BCUT2D eigenvalue weighted by Gasteiger charge is 2.37. The Labute approximate surface area is 99.9 Å². The molecular formula is C11H18ClF2NO. The Balaban J connectivity index is 2.46. The average molecular weight is 254 g/mol. The first kappa shape index (κ1) is 13.7. The number of carbonyl (C=O) groups excluding carboxylic acids is 1. The third-order valence-electron chi connectivity index (χ3n) is 3.15. The quantitative estimate of drug-likeness (QED) is 0.709. The third-order valence-corrected chi connectivity index (χ3v) is 3.65. The molecule has 1 saturated heterocycles. The van der Waals surface area contributed by atoms with Crippen molar-refractivity contribution in [1.29, 1.82) is 0 Å². The Bertz CT molecular complexity index is 247. The predicted molar refractivity (Wildman–Crippen MR) is 59.9 cm³/mol. The molecule has 1 aliphatic rings. The number of likely N-dealkylation sites (tertiary alicyclic amines) is 1. The van der Waals surface area contributed by atoms with Crippen LogP contribution in [0, 0.1) is 5.92 Å². The molecule has 1 atom stereocenters. The van der Waals surface area contributed by atoms with Gasteiger partial charge in [0, 0.05) is 19.0 Å². The molecule has 1 aliphatic heterocycles. The number of hydrogen-bond donors (Lipinski definition) is 0. The molecule has 0 N–H and O–H groups in total. The third kappa shape index (κ3) is 3.30. The highest BCUT2D eigenvalue weighted by Crippen LogP contribution is 2.32. The maximum Gasteiger partial charge on any atom is 0.248 e. The first-order chi connectivity index (χ1) is 7.36. The molecule has 94 valence electrons. The first-order valence-electron chi connectivity index (χ1n) is 5.67. The number of amides is 1. The molecule has 1 heterocycles. The van der Waals surface area contributed by atoms with E-state index in [0.29, 0.717) is 32.4 Å². The predicted octanol–water partition coefficient (Wildman–Crippen LogP) is 2.90. The summed E-state index contributed by atoms with van der Waals surface area (Å²) in [5.74, 6) is -3.37. The van der Waals surface area contributed by atoms with E-state index in [9.17, 15) is 13.6 Å². The molecule has 0 aromatic heterocycles. The highest BCUT2D eigenvalue weighted by molar-refractivity contribution is 6.30. The first-order valence-corrected chi connectivity index (χ1v) is 6.10. The van der Waals surface area contributed by atoms with E-state index in [-0.39, 0.29) is 5.91 Å². The minimum Gasteiger partial charge on any atom is -0.341 e. The second kappa shape index (κ2) is 5.30. The fraction of sp³-hybridized carbons (Fsp3) is 0.909. The van der Waals surface area contributed by atoms with Gasteiger partial charge in [0.2, 0.25) is 11.8 Å². The minimum atomic E-state index is -2.64. The van der Waals surface area contributed by atoms with Crippen LogP contribution in [0.2, 0.25) is 0 Å². The lowest BCUT2D eigenvalue weighted by Crippen LogP contribution is -2.45. The molecule has 0 aromatic carbocycles. The van der Waals surface area contributed by atoms with Gasteiger partial charge in [0.25, 0.3) is 0 Å². The molecule has 2 nitrogen and oxygen atoms in total. The van der Waals surface area contributed by atoms with E-state index in [4.69, 9.17) is 11.6 Å². The van der Waals surface area contributed by atoms with Crippen LogP contribution in [0.5, 0.6) is 0 Å². The van der Waals surface area contributed by atoms with Crippen LogP contribution in [0.25, 0.3) is 0 Å². The van der Waals surface area contributed by atoms with E-state index in [1.165, 1.54) is 0 Å². The van der Waals surface area contributed by atoms with E-state index in [1.54, 1.807) is 4.90 Å². The van der Waals surface area contributed by atoms with Crippen molar-refractivity contribution in [3.05, 3.63) is 0 Å². The zero-order valence-corrected chi connectivity index (χ0v) is 10.4. The zero-order chi connectivity index (χ0) is 12.3. The molecule has 0 radical (unpaired) electrons. The van der Waals surface area contributed by atoms with Crippen molar-refractivity contribution in [2.24, 2.45) is 5.92 Å². The summed E-state index contributed by atoms with van der Waals surface area (Å²) in [5, 5.41) is -0.515. The molecule has 0 bridgehead atoms. The van der Waals surface area contributed by atoms with E-state index in [1.807, 2.05) is 6.92 Å². The summed E-state index contributed by atoms with van der Waals surface area (Å²) in [5.41, 5.74) is 0. The molecule has 1 unspecified atom stereocenters. The SMILES string of the molecule is CCC(Cl)C(=O)N1CCC(C(C)(F)F)CC1. The van der Waals surface area contributed by atoms with E-state index in [2.05, 4.69) is 0 Å². The van der Waals surface area contributed by atoms with Crippen molar-refractivity contribution in [1.82, 2.24) is 4.90 Å². The molecule has 0 aliphatic carbocycles. The second-order valence-corrected chi connectivity index (χ2v) is 4.96. The maximum absolute atomic E-state index is 13.0. The normalized spacial score (nSPS) is 20.9. The van der Waals surface area contributed by atoms with Crippen LogP contribution in [0.15, 0.2) is 0 Å². The monoisotopic (exact) mass is 253 g/mol. The van der Waals surface area contributed by atoms with Gasteiger partial charge in [0.05, 0.1) is 0 Å². The number of alkyl halides is 3. The minimum absolute atomic E-state index is 0.123. The Hall–Kier alpha value is -0.380. The molecule has 0 saturated carbocycles. The van der Waals surface area contributed by atoms with E-state index >= 15 is 0 Å². The standard InChI is InChI=1S/C11H18ClF2NO/c1-3-9(12)10(16)15-6-4-8(5-7-15)11(2,13)14/h8-9H,3-7H2,1-2H3. The van der Waals surface area contributed by atoms with Gasteiger partial charge in [0.15, 0.2) is 0 Å². The molecule has 1 rings (SSSR count). The Morgan fingerprint density at radius 3 is 2.38 bits per heavy atom. The number of rotatable bonds is 3. The number of piperidine rings is 1. The Morgan fingerprint density at radius 2 is 2.00 bits per heavy atom. The summed E-state index contributed by atoms with van der Waals surface area (Å²) in [7, 11) is 0. The van der Waals surface area contributed by atoms with Crippen molar-refractivity contribution in [2.45, 2.75) is 44.4 Å². The molecule has 1 amide bonds. The maximum atomic E-state index is 13.0. The van der Waals surface area contributed by atoms with Crippen LogP contribution < -0.4 is 0 Å². The average Bonchev–Trinajstić information content (AvgIpc) is 2.26. The molecular weight excluding hydrogens is 236 g/mol. The lowest BCUT2D eigenvalue weighted by Gasteiger charge is -2.35. The van der Waals surface area contributed by atoms with Gasteiger partial charge in [-0.25, -0.2) is 8.78 Å². The summed E-state index contributed by atoms with van der Waals surface area (Å²) in [6.07, 6.45) is 1.30. The van der Waals surface area contributed by atoms with Crippen LogP contribution in [-0.4, -0.2) is 35.2 Å². The Morgan fingerprint density at radius 1 is 1.50 bits per heavy atom. The summed E-state index contributed by atoms with van der Waals surface area (Å²) in [6, 6.07) is 0. The van der Waals surface area contributed by atoms with E-state index in [0.717, 1.165) is 6.92 Å². The fourth-order valence-electron chi connectivity index (χ4n) is 1.98. The zero-order valence-electron chi connectivity index (χ0n) is 9.68. The molecule has 0 aromatic rings. The number of hydrogen-bond acceptors (Lipinski definition) is 1. The lowest BCUT2D eigenvalue weighted by atomic mass is 9.91. The summed E-state index contributed by atoms with van der Waals surface area (Å²) in [4.78, 5) is 13.3. The van der Waals surface area contributed by atoms with E-state index < -0.39 is 17.2 Å². The van der Waals surface area contributed by atoms with Crippen LogP contribution in [0.4, 0.5) is 8.78 Å². The van der Waals surface area contributed by atoms with Gasteiger partial charge < -0.3 is 4.90 Å². The van der Waals surface area contributed by atoms with Gasteiger partial charge in [-0.3, -0.25) is 4.79 Å².